The van der Waals surface area contributed by atoms with Crippen LogP contribution in [0.15, 0.2) is 0 Å². The first-order valence-corrected chi connectivity index (χ1v) is 8.79. The largest absolute Gasteiger partial charge is 0.679 e. The van der Waals surface area contributed by atoms with E-state index in [9.17, 15) is 0 Å². The van der Waals surface area contributed by atoms with Crippen LogP contribution in [0.25, 0.3) is 0 Å². The molecule has 4 nitrogen and oxygen atoms in total. The Labute approximate surface area is 112 Å². The van der Waals surface area contributed by atoms with Crippen LogP contribution in [0.5, 0.6) is 0 Å². The second-order valence-electron chi connectivity index (χ2n) is 5.01. The fourth-order valence-electron chi connectivity index (χ4n) is 2.62. The number of hydrogen-bond donors (Lipinski definition) is 0. The van der Waals surface area contributed by atoms with Crippen molar-refractivity contribution >= 4 is 9.05 Å². The van der Waals surface area contributed by atoms with Crippen molar-refractivity contribution in [2.45, 2.75) is 53.6 Å². The molecule has 0 bridgehead atoms. The molecule has 5 heteroatoms. The second-order valence-corrected chi connectivity index (χ2v) is 7.11. The predicted octanol–water partition coefficient (Wildman–Crippen LogP) is 2.98. The smallest absolute Gasteiger partial charge is 0.351 e. The highest BCUT2D eigenvalue weighted by molar-refractivity contribution is 6.53. The van der Waals surface area contributed by atoms with E-state index in [-0.39, 0.29) is 6.10 Å². The Morgan fingerprint density at radius 1 is 0.889 bits per heavy atom. The van der Waals surface area contributed by atoms with E-state index in [0.29, 0.717) is 31.7 Å². The van der Waals surface area contributed by atoms with Crippen LogP contribution in [0.3, 0.4) is 0 Å². The minimum Gasteiger partial charge on any atom is -0.351 e. The van der Waals surface area contributed by atoms with E-state index in [2.05, 4.69) is 13.8 Å². The van der Waals surface area contributed by atoms with Crippen LogP contribution >= 0.6 is 0 Å². The molecule has 0 aromatic heterocycles. The van der Waals surface area contributed by atoms with E-state index in [1.807, 2.05) is 20.8 Å². The third kappa shape index (κ3) is 4.31. The van der Waals surface area contributed by atoms with Gasteiger partial charge in [0, 0.05) is 19.8 Å². The van der Waals surface area contributed by atoms with Gasteiger partial charge < -0.3 is 17.7 Å². The van der Waals surface area contributed by atoms with Crippen molar-refractivity contribution in [3.05, 3.63) is 0 Å². The molecule has 108 valence electrons. The lowest BCUT2D eigenvalue weighted by molar-refractivity contribution is -0.0568. The zero-order valence-electron chi connectivity index (χ0n) is 12.4. The fourth-order valence-corrected chi connectivity index (χ4v) is 4.83. The fraction of sp³-hybridized carbons (Fsp3) is 1.00. The van der Waals surface area contributed by atoms with E-state index in [1.165, 1.54) is 6.42 Å². The molecule has 0 aliphatic heterocycles. The van der Waals surface area contributed by atoms with Crippen LogP contribution < -0.4 is 0 Å². The summed E-state index contributed by atoms with van der Waals surface area (Å²) in [6.07, 6.45) is 2.49. The van der Waals surface area contributed by atoms with Crippen molar-refractivity contribution in [2.75, 3.05) is 19.8 Å². The van der Waals surface area contributed by atoms with Gasteiger partial charge in [-0.15, -0.1) is 0 Å². The van der Waals surface area contributed by atoms with Gasteiger partial charge in [0.2, 0.25) is 0 Å². The van der Waals surface area contributed by atoms with E-state index in [0.717, 1.165) is 6.42 Å². The Bertz CT molecular complexity index is 220. The molecule has 0 aromatic carbocycles. The van der Waals surface area contributed by atoms with Gasteiger partial charge in [-0.1, -0.05) is 13.8 Å². The summed E-state index contributed by atoms with van der Waals surface area (Å²) >= 11 is 0. The molecule has 3 atom stereocenters. The predicted molar refractivity (Wildman–Crippen MR) is 73.1 cm³/mol. The monoisotopic (exact) mass is 276 g/mol. The highest BCUT2D eigenvalue weighted by Crippen LogP contribution is 2.34. The molecule has 18 heavy (non-hydrogen) atoms. The highest BCUT2D eigenvalue weighted by atomic mass is 28.4. The van der Waals surface area contributed by atoms with Crippen molar-refractivity contribution < 1.29 is 17.7 Å². The molecule has 1 saturated carbocycles. The first-order chi connectivity index (χ1) is 8.56. The lowest BCUT2D eigenvalue weighted by Gasteiger charge is -2.31. The molecule has 0 spiro atoms. The summed E-state index contributed by atoms with van der Waals surface area (Å²) in [5.41, 5.74) is 0. The first kappa shape index (κ1) is 16.1. The molecular formula is C13H28O4Si. The third-order valence-corrected chi connectivity index (χ3v) is 5.82. The molecule has 0 unspecified atom stereocenters. The normalized spacial score (nSPS) is 28.8. The van der Waals surface area contributed by atoms with E-state index in [4.69, 9.17) is 17.7 Å². The second kappa shape index (κ2) is 7.60. The number of hydrogen-bond acceptors (Lipinski definition) is 4. The van der Waals surface area contributed by atoms with Gasteiger partial charge >= 0.3 is 9.05 Å². The molecule has 0 aromatic rings. The van der Waals surface area contributed by atoms with Gasteiger partial charge in [-0.2, -0.15) is 0 Å². The maximum absolute atomic E-state index is 6.18. The van der Waals surface area contributed by atoms with Gasteiger partial charge in [-0.05, 0) is 45.4 Å². The van der Waals surface area contributed by atoms with Gasteiger partial charge in [0.05, 0.1) is 6.10 Å². The maximum atomic E-state index is 6.18. The maximum Gasteiger partial charge on any atom is 0.679 e. The van der Waals surface area contributed by atoms with Gasteiger partial charge in [0.25, 0.3) is 0 Å². The molecule has 1 fully saturated rings. The molecular weight excluding hydrogens is 248 g/mol. The Morgan fingerprint density at radius 2 is 1.39 bits per heavy atom. The topological polar surface area (TPSA) is 36.9 Å². The molecule has 1 aliphatic rings. The number of rotatable bonds is 8. The summed E-state index contributed by atoms with van der Waals surface area (Å²) in [6, 6.07) is 0. The van der Waals surface area contributed by atoms with Crippen LogP contribution in [0.4, 0.5) is 0 Å². The van der Waals surface area contributed by atoms with Crippen molar-refractivity contribution in [1.29, 1.82) is 0 Å². The lowest BCUT2D eigenvalue weighted by Crippen LogP contribution is -2.52. The van der Waals surface area contributed by atoms with E-state index in [1.54, 1.807) is 0 Å². The van der Waals surface area contributed by atoms with Crippen molar-refractivity contribution in [3.8, 4) is 0 Å². The third-order valence-electron chi connectivity index (χ3n) is 3.30. The van der Waals surface area contributed by atoms with E-state index >= 15 is 0 Å². The molecule has 0 saturated heterocycles. The summed E-state index contributed by atoms with van der Waals surface area (Å²) in [7, 11) is -2.93. The van der Waals surface area contributed by atoms with E-state index < -0.39 is 9.05 Å². The minimum atomic E-state index is -2.93. The summed E-state index contributed by atoms with van der Waals surface area (Å²) in [4.78, 5) is 0. The van der Waals surface area contributed by atoms with Crippen molar-refractivity contribution in [1.82, 2.24) is 0 Å². The molecule has 0 N–H and O–H groups in total. The van der Waals surface area contributed by atoms with Crippen LogP contribution in [0.2, 0.25) is 0 Å². The molecule has 0 amide bonds. The van der Waals surface area contributed by atoms with Crippen LogP contribution in [0, 0.1) is 11.8 Å². The molecule has 0 heterocycles. The molecule has 0 radical (unpaired) electrons. The summed E-state index contributed by atoms with van der Waals surface area (Å²) in [5, 5.41) is 0. The van der Waals surface area contributed by atoms with Gasteiger partial charge in [0.1, 0.15) is 0 Å². The Hall–Kier alpha value is 0.0569. The van der Waals surface area contributed by atoms with Gasteiger partial charge in [-0.25, -0.2) is 0 Å². The average Bonchev–Trinajstić information content (AvgIpc) is 2.58. The average molecular weight is 276 g/mol. The zero-order chi connectivity index (χ0) is 13.6. The molecule has 1 rings (SSSR count). The minimum absolute atomic E-state index is 0.205. The Morgan fingerprint density at radius 3 is 1.72 bits per heavy atom. The van der Waals surface area contributed by atoms with Gasteiger partial charge in [-0.3, -0.25) is 0 Å². The van der Waals surface area contributed by atoms with Gasteiger partial charge in [0.15, 0.2) is 0 Å². The quantitative estimate of drug-likeness (QED) is 0.639. The first-order valence-electron chi connectivity index (χ1n) is 7.16. The summed E-state index contributed by atoms with van der Waals surface area (Å²) in [5.74, 6) is 1.26. The SMILES string of the molecule is CCO[Si](OCC)(OCC)O[C@@H]1C[C@H](C)C[C@@H]1C. The summed E-state index contributed by atoms with van der Waals surface area (Å²) < 4.78 is 23.4. The van der Waals surface area contributed by atoms with Crippen molar-refractivity contribution in [3.63, 3.8) is 0 Å². The van der Waals surface area contributed by atoms with Crippen molar-refractivity contribution in [2.24, 2.45) is 11.8 Å². The summed E-state index contributed by atoms with van der Waals surface area (Å²) in [6.45, 7) is 12.0. The van der Waals surface area contributed by atoms with Crippen LogP contribution in [-0.4, -0.2) is 35.0 Å². The zero-order valence-corrected chi connectivity index (χ0v) is 13.4. The lowest BCUT2D eigenvalue weighted by atomic mass is 10.1. The molecule has 1 aliphatic carbocycles. The Kier molecular flexibility index (Phi) is 6.80. The highest BCUT2D eigenvalue weighted by Gasteiger charge is 2.49. The Balaban J connectivity index is 2.69. The van der Waals surface area contributed by atoms with Crippen LogP contribution in [0.1, 0.15) is 47.5 Å². The standard InChI is InChI=1S/C13H28O4Si/c1-6-14-18(15-7-2,16-8-3)17-13-10-11(4)9-12(13)5/h11-13H,6-10H2,1-5H3/t11-,12+,13-/m1/s1. The van der Waals surface area contributed by atoms with Crippen LogP contribution in [-0.2, 0) is 17.7 Å².